The molecule has 1 N–H and O–H groups in total. The van der Waals surface area contributed by atoms with Gasteiger partial charge in [0, 0.05) is 43.3 Å². The van der Waals surface area contributed by atoms with E-state index in [0.717, 1.165) is 27.0 Å². The van der Waals surface area contributed by atoms with Gasteiger partial charge in [0.15, 0.2) is 0 Å². The van der Waals surface area contributed by atoms with Gasteiger partial charge < -0.3 is 19.7 Å². The number of nitrogens with zero attached hydrogens (tertiary/aromatic N) is 3. The van der Waals surface area contributed by atoms with Crippen LogP contribution in [0.1, 0.15) is 28.5 Å². The molecule has 4 aromatic rings. The molecule has 1 atom stereocenters. The molecule has 1 aliphatic rings. The van der Waals surface area contributed by atoms with E-state index in [1.165, 1.54) is 12.1 Å². The summed E-state index contributed by atoms with van der Waals surface area (Å²) in [4.78, 5) is 31.1. The number of halogens is 1. The summed E-state index contributed by atoms with van der Waals surface area (Å²) in [5.41, 5.74) is 3.18. The second-order valence-electron chi connectivity index (χ2n) is 8.97. The third-order valence-electron chi connectivity index (χ3n) is 6.51. The third-order valence-corrected chi connectivity index (χ3v) is 7.46. The number of amides is 3. The lowest BCUT2D eigenvalue weighted by atomic mass is 10.1. The Morgan fingerprint density at radius 1 is 1.09 bits per heavy atom. The highest BCUT2D eigenvalue weighted by Gasteiger charge is 2.32. The van der Waals surface area contributed by atoms with Crippen molar-refractivity contribution in [1.82, 2.24) is 14.4 Å². The molecule has 0 aliphatic carbocycles. The summed E-state index contributed by atoms with van der Waals surface area (Å²) in [7, 11) is 0. The Labute approximate surface area is 207 Å². The van der Waals surface area contributed by atoms with E-state index in [2.05, 4.69) is 5.32 Å². The molecular formula is C27H27FN4O2S. The smallest absolute Gasteiger partial charge is 0.322 e. The monoisotopic (exact) mass is 490 g/mol. The minimum atomic E-state index is -0.293. The van der Waals surface area contributed by atoms with Crippen LogP contribution in [-0.2, 0) is 6.54 Å². The second-order valence-corrected chi connectivity index (χ2v) is 9.86. The lowest BCUT2D eigenvalue weighted by Gasteiger charge is -2.39. The van der Waals surface area contributed by atoms with Crippen LogP contribution in [0.4, 0.5) is 14.9 Å². The summed E-state index contributed by atoms with van der Waals surface area (Å²) < 4.78 is 15.8. The molecule has 1 aliphatic heterocycles. The van der Waals surface area contributed by atoms with Crippen molar-refractivity contribution in [1.29, 1.82) is 0 Å². The summed E-state index contributed by atoms with van der Waals surface area (Å²) in [6, 6.07) is 17.8. The highest BCUT2D eigenvalue weighted by Crippen LogP contribution is 2.28. The van der Waals surface area contributed by atoms with Gasteiger partial charge in [-0.2, -0.15) is 0 Å². The zero-order valence-corrected chi connectivity index (χ0v) is 20.5. The van der Waals surface area contributed by atoms with Crippen LogP contribution < -0.4 is 5.32 Å². The molecule has 2 aromatic heterocycles. The first kappa shape index (κ1) is 23.1. The van der Waals surface area contributed by atoms with E-state index >= 15 is 0 Å². The molecule has 0 bridgehead atoms. The van der Waals surface area contributed by atoms with E-state index in [1.54, 1.807) is 22.3 Å². The van der Waals surface area contributed by atoms with Crippen molar-refractivity contribution >= 4 is 39.2 Å². The number of benzene rings is 2. The number of urea groups is 1. The quantitative estimate of drug-likeness (QED) is 0.406. The fourth-order valence-corrected chi connectivity index (χ4v) is 5.53. The van der Waals surface area contributed by atoms with E-state index in [4.69, 9.17) is 0 Å². The van der Waals surface area contributed by atoms with Gasteiger partial charge >= 0.3 is 6.03 Å². The van der Waals surface area contributed by atoms with Gasteiger partial charge in [0.2, 0.25) is 0 Å². The van der Waals surface area contributed by atoms with Crippen molar-refractivity contribution in [3.8, 4) is 0 Å². The van der Waals surface area contributed by atoms with Gasteiger partial charge in [0.25, 0.3) is 5.91 Å². The fourth-order valence-electron chi connectivity index (χ4n) is 4.63. The van der Waals surface area contributed by atoms with Gasteiger partial charge in [-0.25, -0.2) is 9.18 Å². The SMILES string of the molecule is Cc1ccccc1NC(=O)N1CCN(C(=O)c2cc3ccsc3n2Cc2cccc(F)c2)C[C@@H]1C. The number of anilines is 1. The molecule has 0 unspecified atom stereocenters. The van der Waals surface area contributed by atoms with Crippen molar-refractivity contribution in [3.63, 3.8) is 0 Å². The van der Waals surface area contributed by atoms with E-state index in [-0.39, 0.29) is 23.8 Å². The van der Waals surface area contributed by atoms with E-state index < -0.39 is 0 Å². The first-order valence-corrected chi connectivity index (χ1v) is 12.5. The largest absolute Gasteiger partial charge is 0.334 e. The molecule has 0 radical (unpaired) electrons. The molecular weight excluding hydrogens is 463 g/mol. The maximum absolute atomic E-state index is 13.8. The zero-order valence-electron chi connectivity index (χ0n) is 19.7. The molecule has 35 heavy (non-hydrogen) atoms. The lowest BCUT2D eigenvalue weighted by molar-refractivity contribution is 0.0583. The van der Waals surface area contributed by atoms with Gasteiger partial charge in [-0.05, 0) is 60.7 Å². The van der Waals surface area contributed by atoms with Crippen molar-refractivity contribution < 1.29 is 14.0 Å². The highest BCUT2D eigenvalue weighted by atomic mass is 32.1. The molecule has 0 spiro atoms. The molecule has 180 valence electrons. The molecule has 8 heteroatoms. The summed E-state index contributed by atoms with van der Waals surface area (Å²) in [5.74, 6) is -0.366. The number of aromatic nitrogens is 1. The Balaban J connectivity index is 1.33. The highest BCUT2D eigenvalue weighted by molar-refractivity contribution is 7.16. The molecule has 1 saturated heterocycles. The van der Waals surface area contributed by atoms with E-state index in [1.807, 2.05) is 71.2 Å². The number of rotatable bonds is 4. The Hall–Kier alpha value is -3.65. The number of fused-ring (bicyclic) bond motifs is 1. The van der Waals surface area contributed by atoms with Crippen LogP contribution in [0.2, 0.25) is 0 Å². The molecule has 5 rings (SSSR count). The summed E-state index contributed by atoms with van der Waals surface area (Å²) in [6.45, 7) is 5.67. The third kappa shape index (κ3) is 4.66. The van der Waals surface area contributed by atoms with Crippen LogP contribution in [0.5, 0.6) is 0 Å². The van der Waals surface area contributed by atoms with Gasteiger partial charge in [0.05, 0.1) is 0 Å². The number of piperazine rings is 1. The average molecular weight is 491 g/mol. The van der Waals surface area contributed by atoms with Crippen molar-refractivity contribution in [2.24, 2.45) is 0 Å². The maximum atomic E-state index is 13.8. The molecule has 2 aromatic carbocycles. The predicted molar refractivity (Wildman–Crippen MR) is 138 cm³/mol. The topological polar surface area (TPSA) is 57.6 Å². The van der Waals surface area contributed by atoms with Crippen LogP contribution in [0.25, 0.3) is 10.2 Å². The van der Waals surface area contributed by atoms with Crippen molar-refractivity contribution in [2.75, 3.05) is 25.0 Å². The number of thiophene rings is 1. The molecule has 1 fully saturated rings. The minimum Gasteiger partial charge on any atom is -0.334 e. The zero-order chi connectivity index (χ0) is 24.5. The van der Waals surface area contributed by atoms with Crippen molar-refractivity contribution in [3.05, 3.63) is 88.7 Å². The van der Waals surface area contributed by atoms with Crippen LogP contribution >= 0.6 is 11.3 Å². The van der Waals surface area contributed by atoms with Crippen LogP contribution in [-0.4, -0.2) is 52.0 Å². The Kier molecular flexibility index (Phi) is 6.30. The summed E-state index contributed by atoms with van der Waals surface area (Å²) >= 11 is 1.57. The molecule has 3 heterocycles. The molecule has 3 amide bonds. The summed E-state index contributed by atoms with van der Waals surface area (Å²) in [6.07, 6.45) is 0. The standard InChI is InChI=1S/C27H27FN4O2S/c1-18-6-3-4-9-23(18)29-27(34)31-12-11-30(16-19(31)2)25(33)24-15-21-10-13-35-26(21)32(24)17-20-7-5-8-22(28)14-20/h3-10,13-15,19H,11-12,16-17H2,1-2H3,(H,29,34)/t19-/m0/s1. The fraction of sp³-hybridized carbons (Fsp3) is 0.259. The van der Waals surface area contributed by atoms with Gasteiger partial charge in [-0.3, -0.25) is 4.79 Å². The van der Waals surface area contributed by atoms with Gasteiger partial charge in [-0.15, -0.1) is 11.3 Å². The van der Waals surface area contributed by atoms with E-state index in [9.17, 15) is 14.0 Å². The number of para-hydroxylation sites is 1. The number of carbonyl (C=O) groups is 2. The number of nitrogens with one attached hydrogen (secondary N) is 1. The van der Waals surface area contributed by atoms with Gasteiger partial charge in [-0.1, -0.05) is 30.3 Å². The van der Waals surface area contributed by atoms with Crippen LogP contribution in [0.3, 0.4) is 0 Å². The lowest BCUT2D eigenvalue weighted by Crippen LogP contribution is -2.56. The van der Waals surface area contributed by atoms with Crippen molar-refractivity contribution in [2.45, 2.75) is 26.4 Å². The maximum Gasteiger partial charge on any atom is 0.322 e. The molecule has 6 nitrogen and oxygen atoms in total. The van der Waals surface area contributed by atoms with E-state index in [0.29, 0.717) is 31.9 Å². The van der Waals surface area contributed by atoms with Gasteiger partial charge in [0.1, 0.15) is 16.3 Å². The number of carbonyl (C=O) groups excluding carboxylic acids is 2. The minimum absolute atomic E-state index is 0.0735. The Morgan fingerprint density at radius 2 is 1.91 bits per heavy atom. The normalized spacial score (nSPS) is 16.0. The molecule has 0 saturated carbocycles. The first-order valence-electron chi connectivity index (χ1n) is 11.6. The predicted octanol–water partition coefficient (Wildman–Crippen LogP) is 5.58. The Morgan fingerprint density at radius 3 is 2.69 bits per heavy atom. The van der Waals surface area contributed by atoms with Crippen LogP contribution in [0, 0.1) is 12.7 Å². The first-order chi connectivity index (χ1) is 16.9. The second kappa shape index (κ2) is 9.54. The summed E-state index contributed by atoms with van der Waals surface area (Å²) in [5, 5.41) is 5.99. The Bertz CT molecular complexity index is 1390. The van der Waals surface area contributed by atoms with Crippen LogP contribution in [0.15, 0.2) is 66.0 Å². The number of hydrogen-bond acceptors (Lipinski definition) is 3. The number of hydrogen-bond donors (Lipinski definition) is 1. The average Bonchev–Trinajstić information content (AvgIpc) is 3.43. The number of aryl methyl sites for hydroxylation is 1.